The number of rotatable bonds is 7. The van der Waals surface area contributed by atoms with Crippen molar-refractivity contribution >= 4 is 5.91 Å². The van der Waals surface area contributed by atoms with Crippen LogP contribution in [0.4, 0.5) is 8.78 Å². The van der Waals surface area contributed by atoms with Crippen molar-refractivity contribution in [3.05, 3.63) is 35.4 Å². The molecule has 0 saturated carbocycles. The van der Waals surface area contributed by atoms with Crippen LogP contribution in [0.3, 0.4) is 0 Å². The fourth-order valence-electron chi connectivity index (χ4n) is 1.80. The number of hydrogen-bond donors (Lipinski definition) is 2. The molecule has 0 heterocycles. The van der Waals surface area contributed by atoms with Gasteiger partial charge in [0, 0.05) is 19.1 Å². The van der Waals surface area contributed by atoms with Gasteiger partial charge in [-0.15, -0.1) is 0 Å². The molecular weight excluding hydrogens is 264 g/mol. The van der Waals surface area contributed by atoms with E-state index in [1.165, 1.54) is 0 Å². The van der Waals surface area contributed by atoms with Gasteiger partial charge in [-0.05, 0) is 49.4 Å². The fourth-order valence-corrected chi connectivity index (χ4v) is 1.80. The maximum atomic E-state index is 13.4. The van der Waals surface area contributed by atoms with Gasteiger partial charge < -0.3 is 10.4 Å². The lowest BCUT2D eigenvalue weighted by molar-refractivity contribution is -0.122. The van der Waals surface area contributed by atoms with Crippen LogP contribution in [0.15, 0.2) is 18.2 Å². The molecule has 3 nitrogen and oxygen atoms in total. The monoisotopic (exact) mass is 285 g/mol. The lowest BCUT2D eigenvalue weighted by Gasteiger charge is -2.19. The number of hydrogen-bond acceptors (Lipinski definition) is 2. The highest BCUT2D eigenvalue weighted by Crippen LogP contribution is 2.12. The molecule has 112 valence electrons. The van der Waals surface area contributed by atoms with Crippen molar-refractivity contribution < 1.29 is 18.7 Å². The molecule has 0 fully saturated rings. The molecule has 0 aliphatic carbocycles. The predicted molar refractivity (Wildman–Crippen MR) is 73.2 cm³/mol. The van der Waals surface area contributed by atoms with Gasteiger partial charge in [-0.2, -0.15) is 0 Å². The van der Waals surface area contributed by atoms with Gasteiger partial charge in [-0.25, -0.2) is 8.78 Å². The molecular formula is C15H21F2NO2. The molecule has 0 spiro atoms. The zero-order valence-electron chi connectivity index (χ0n) is 11.8. The quantitative estimate of drug-likeness (QED) is 0.808. The lowest BCUT2D eigenvalue weighted by Crippen LogP contribution is -2.38. The van der Waals surface area contributed by atoms with Crippen LogP contribution < -0.4 is 5.32 Å². The highest BCUT2D eigenvalue weighted by atomic mass is 19.1. The summed E-state index contributed by atoms with van der Waals surface area (Å²) in [6.07, 6.45) is 1.02. The van der Waals surface area contributed by atoms with Crippen LogP contribution in [0.25, 0.3) is 0 Å². The van der Waals surface area contributed by atoms with Crippen molar-refractivity contribution in [2.75, 3.05) is 6.61 Å². The second kappa shape index (κ2) is 7.94. The zero-order chi connectivity index (χ0) is 15.1. The molecule has 0 saturated heterocycles. The Balaban J connectivity index is 2.37. The van der Waals surface area contributed by atoms with Gasteiger partial charge in [0.05, 0.1) is 0 Å². The molecule has 0 bridgehead atoms. The van der Waals surface area contributed by atoms with E-state index >= 15 is 0 Å². The number of aliphatic hydroxyl groups is 1. The van der Waals surface area contributed by atoms with Gasteiger partial charge in [0.25, 0.3) is 0 Å². The lowest BCUT2D eigenvalue weighted by atomic mass is 10.0. The highest BCUT2D eigenvalue weighted by molar-refractivity contribution is 5.76. The summed E-state index contributed by atoms with van der Waals surface area (Å²) in [5.74, 6) is -1.08. The average molecular weight is 285 g/mol. The molecule has 0 aromatic heterocycles. The van der Waals surface area contributed by atoms with Crippen LogP contribution in [0.1, 0.15) is 32.3 Å². The number of carbonyl (C=O) groups is 1. The molecule has 1 rings (SSSR count). The van der Waals surface area contributed by atoms with Gasteiger partial charge in [-0.1, -0.05) is 6.92 Å². The Morgan fingerprint density at radius 2 is 2.05 bits per heavy atom. The third-order valence-electron chi connectivity index (χ3n) is 3.39. The first-order chi connectivity index (χ1) is 9.43. The van der Waals surface area contributed by atoms with Crippen molar-refractivity contribution in [1.29, 1.82) is 0 Å². The topological polar surface area (TPSA) is 49.3 Å². The van der Waals surface area contributed by atoms with Gasteiger partial charge >= 0.3 is 0 Å². The van der Waals surface area contributed by atoms with Crippen molar-refractivity contribution in [2.45, 2.75) is 39.2 Å². The van der Waals surface area contributed by atoms with E-state index in [4.69, 9.17) is 5.11 Å². The second-order valence-electron chi connectivity index (χ2n) is 5.11. The summed E-state index contributed by atoms with van der Waals surface area (Å²) in [6.45, 7) is 3.67. The van der Waals surface area contributed by atoms with Gasteiger partial charge in [0.1, 0.15) is 11.6 Å². The number of aliphatic hydroxyl groups excluding tert-OH is 1. The molecule has 2 N–H and O–H groups in total. The molecule has 1 aromatic carbocycles. The molecule has 0 aliphatic heterocycles. The Bertz CT molecular complexity index is 451. The van der Waals surface area contributed by atoms with Crippen molar-refractivity contribution in [2.24, 2.45) is 5.92 Å². The maximum Gasteiger partial charge on any atom is 0.220 e. The van der Waals surface area contributed by atoms with Crippen LogP contribution >= 0.6 is 0 Å². The Hall–Kier alpha value is -1.49. The molecule has 0 radical (unpaired) electrons. The average Bonchev–Trinajstić information content (AvgIpc) is 2.41. The molecule has 2 unspecified atom stereocenters. The van der Waals surface area contributed by atoms with E-state index < -0.39 is 11.6 Å². The summed E-state index contributed by atoms with van der Waals surface area (Å²) < 4.78 is 26.3. The summed E-state index contributed by atoms with van der Waals surface area (Å²) in [4.78, 5) is 11.7. The second-order valence-corrected chi connectivity index (χ2v) is 5.11. The highest BCUT2D eigenvalue weighted by Gasteiger charge is 2.13. The number of nitrogens with one attached hydrogen (secondary N) is 1. The van der Waals surface area contributed by atoms with Crippen LogP contribution in [-0.2, 0) is 11.2 Å². The Morgan fingerprint density at radius 3 is 2.70 bits per heavy atom. The summed E-state index contributed by atoms with van der Waals surface area (Å²) in [5, 5.41) is 11.7. The first kappa shape index (κ1) is 16.6. The smallest absolute Gasteiger partial charge is 0.220 e. The number of amides is 1. The van der Waals surface area contributed by atoms with Crippen LogP contribution in [-0.4, -0.2) is 23.7 Å². The summed E-state index contributed by atoms with van der Waals surface area (Å²) in [5.41, 5.74) is 0.287. The minimum Gasteiger partial charge on any atom is -0.396 e. The van der Waals surface area contributed by atoms with Crippen LogP contribution in [0.2, 0.25) is 0 Å². The third-order valence-corrected chi connectivity index (χ3v) is 3.39. The summed E-state index contributed by atoms with van der Waals surface area (Å²) >= 11 is 0. The van der Waals surface area contributed by atoms with Gasteiger partial charge in [0.15, 0.2) is 0 Å². The van der Waals surface area contributed by atoms with Crippen molar-refractivity contribution in [3.63, 3.8) is 0 Å². The van der Waals surface area contributed by atoms with Crippen LogP contribution in [0.5, 0.6) is 0 Å². The minimum atomic E-state index is -0.476. The molecule has 1 aromatic rings. The van der Waals surface area contributed by atoms with E-state index in [1.54, 1.807) is 0 Å². The van der Waals surface area contributed by atoms with E-state index in [-0.39, 0.29) is 36.5 Å². The normalized spacial score (nSPS) is 13.8. The van der Waals surface area contributed by atoms with E-state index in [9.17, 15) is 13.6 Å². The number of aryl methyl sites for hydroxylation is 1. The number of carbonyl (C=O) groups excluding carboxylic acids is 1. The van der Waals surface area contributed by atoms with E-state index in [2.05, 4.69) is 5.32 Å². The molecule has 0 aliphatic rings. The summed E-state index contributed by atoms with van der Waals surface area (Å²) in [6, 6.07) is 3.21. The maximum absolute atomic E-state index is 13.4. The Morgan fingerprint density at radius 1 is 1.35 bits per heavy atom. The Labute approximate surface area is 118 Å². The Kier molecular flexibility index (Phi) is 6.58. The van der Waals surface area contributed by atoms with E-state index in [1.807, 2.05) is 13.8 Å². The van der Waals surface area contributed by atoms with Gasteiger partial charge in [-0.3, -0.25) is 4.79 Å². The van der Waals surface area contributed by atoms with Crippen LogP contribution in [0, 0.1) is 17.6 Å². The molecule has 20 heavy (non-hydrogen) atoms. The minimum absolute atomic E-state index is 0.00987. The SMILES string of the molecule is CC(CO)C(C)NC(=O)CCCc1cc(F)ccc1F. The standard InChI is InChI=1S/C15H21F2NO2/c1-10(9-19)11(2)18-15(20)5-3-4-12-8-13(16)6-7-14(12)17/h6-8,10-11,19H,3-5,9H2,1-2H3,(H,18,20). The molecule has 2 atom stereocenters. The molecule has 5 heteroatoms. The predicted octanol–water partition coefficient (Wildman–Crippen LogP) is 2.42. The van der Waals surface area contributed by atoms with Crippen molar-refractivity contribution in [1.82, 2.24) is 5.32 Å². The third kappa shape index (κ3) is 5.25. The first-order valence-corrected chi connectivity index (χ1v) is 6.78. The van der Waals surface area contributed by atoms with E-state index in [0.29, 0.717) is 12.8 Å². The largest absolute Gasteiger partial charge is 0.396 e. The first-order valence-electron chi connectivity index (χ1n) is 6.78. The summed E-state index contributed by atoms with van der Waals surface area (Å²) in [7, 11) is 0. The van der Waals surface area contributed by atoms with E-state index in [0.717, 1.165) is 18.2 Å². The fraction of sp³-hybridized carbons (Fsp3) is 0.533. The molecule has 1 amide bonds. The number of benzene rings is 1. The zero-order valence-corrected chi connectivity index (χ0v) is 11.8. The van der Waals surface area contributed by atoms with Crippen molar-refractivity contribution in [3.8, 4) is 0 Å². The number of halogens is 2. The van der Waals surface area contributed by atoms with Gasteiger partial charge in [0.2, 0.25) is 5.91 Å².